The van der Waals surface area contributed by atoms with Crippen LogP contribution in [0.4, 0.5) is 9.18 Å². The van der Waals surface area contributed by atoms with E-state index in [0.717, 1.165) is 21.7 Å². The van der Waals surface area contributed by atoms with Crippen LogP contribution in [0.25, 0.3) is 29.3 Å². The van der Waals surface area contributed by atoms with Gasteiger partial charge in [0.1, 0.15) is 5.60 Å². The highest BCUT2D eigenvalue weighted by molar-refractivity contribution is 7.28. The van der Waals surface area contributed by atoms with E-state index in [1.54, 1.807) is 40.1 Å². The van der Waals surface area contributed by atoms with Crippen LogP contribution in [0.5, 0.6) is 0 Å². The number of ether oxygens (including phenoxy) is 1. The number of alkyl carbamates (subject to hydrolysis) is 1. The van der Waals surface area contributed by atoms with Crippen LogP contribution in [0.1, 0.15) is 36.8 Å². The molecule has 0 aliphatic carbocycles. The first kappa shape index (κ1) is 24.1. The Kier molecular flexibility index (Phi) is 7.09. The second-order valence-electron chi connectivity index (χ2n) is 8.79. The number of rotatable bonds is 6. The third kappa shape index (κ3) is 5.93. The molecular formula is C25H26FNO2S4. The van der Waals surface area contributed by atoms with Crippen LogP contribution < -0.4 is 5.32 Å². The van der Waals surface area contributed by atoms with E-state index >= 15 is 0 Å². The largest absolute Gasteiger partial charge is 0.444 e. The van der Waals surface area contributed by atoms with E-state index in [9.17, 15) is 9.18 Å². The molecule has 0 aromatic carbocycles. The third-order valence-electron chi connectivity index (χ3n) is 4.80. The summed E-state index contributed by atoms with van der Waals surface area (Å²) in [5.74, 6) is 0. The molecule has 0 spiro atoms. The number of nitrogens with one attached hydrogen (secondary N) is 1. The fraction of sp³-hybridized carbons (Fsp3) is 0.320. The van der Waals surface area contributed by atoms with Crippen molar-refractivity contribution in [3.63, 3.8) is 0 Å². The smallest absolute Gasteiger partial charge is 0.407 e. The van der Waals surface area contributed by atoms with Gasteiger partial charge in [-0.3, -0.25) is 0 Å². The molecule has 8 heteroatoms. The van der Waals surface area contributed by atoms with Crippen molar-refractivity contribution in [3.8, 4) is 29.3 Å². The molecule has 0 fully saturated rings. The van der Waals surface area contributed by atoms with Crippen molar-refractivity contribution in [2.75, 3.05) is 6.54 Å². The Balaban J connectivity index is 1.44. The maximum Gasteiger partial charge on any atom is 0.407 e. The maximum absolute atomic E-state index is 13.6. The summed E-state index contributed by atoms with van der Waals surface area (Å²) in [5.41, 5.74) is 1.75. The van der Waals surface area contributed by atoms with Crippen LogP contribution in [0.2, 0.25) is 0 Å². The lowest BCUT2D eigenvalue weighted by molar-refractivity contribution is 0.0528. The molecule has 4 heterocycles. The van der Waals surface area contributed by atoms with Gasteiger partial charge < -0.3 is 10.1 Å². The van der Waals surface area contributed by atoms with Gasteiger partial charge in [0.15, 0.2) is 5.13 Å². The Morgan fingerprint density at radius 1 is 0.879 bits per heavy atom. The first-order valence-corrected chi connectivity index (χ1v) is 13.9. The number of aryl methyl sites for hydroxylation is 2. The Bertz CT molecular complexity index is 1270. The minimum absolute atomic E-state index is 0.137. The van der Waals surface area contributed by atoms with Crippen molar-refractivity contribution in [1.82, 2.24) is 5.32 Å². The molecule has 0 unspecified atom stereocenters. The average Bonchev–Trinajstić information content (AvgIpc) is 3.47. The first-order chi connectivity index (χ1) is 15.6. The summed E-state index contributed by atoms with van der Waals surface area (Å²) in [4.78, 5) is 20.1. The van der Waals surface area contributed by atoms with Gasteiger partial charge in [0.05, 0.1) is 4.88 Å². The SMILES string of the molecule is Cc1cc(F)sc1-c1ccc(-c2sc(-c3ccc(CCNC(=O)OC(C)(C)C)s3)cc2C)s1. The fourth-order valence-electron chi connectivity index (χ4n) is 3.36. The van der Waals surface area contributed by atoms with E-state index in [2.05, 4.69) is 42.6 Å². The molecule has 33 heavy (non-hydrogen) atoms. The summed E-state index contributed by atoms with van der Waals surface area (Å²) in [6, 6.07) is 12.4. The molecule has 4 aromatic rings. The van der Waals surface area contributed by atoms with E-state index in [-0.39, 0.29) is 11.2 Å². The normalized spacial score (nSPS) is 11.7. The molecule has 1 amide bonds. The molecule has 4 rings (SSSR count). The quantitative estimate of drug-likeness (QED) is 0.276. The number of halogens is 1. The minimum atomic E-state index is -0.489. The van der Waals surface area contributed by atoms with Gasteiger partial charge in [-0.1, -0.05) is 0 Å². The Hall–Kier alpha value is -2.00. The van der Waals surface area contributed by atoms with E-state index < -0.39 is 5.60 Å². The first-order valence-electron chi connectivity index (χ1n) is 10.6. The lowest BCUT2D eigenvalue weighted by Crippen LogP contribution is -2.33. The van der Waals surface area contributed by atoms with Crippen LogP contribution >= 0.6 is 45.3 Å². The van der Waals surface area contributed by atoms with Crippen LogP contribution in [0.15, 0.2) is 36.4 Å². The van der Waals surface area contributed by atoms with E-state index in [0.29, 0.717) is 6.54 Å². The number of thiophene rings is 4. The molecule has 0 saturated carbocycles. The summed E-state index contributed by atoms with van der Waals surface area (Å²) >= 11 is 6.48. The molecule has 0 radical (unpaired) electrons. The summed E-state index contributed by atoms with van der Waals surface area (Å²) in [7, 11) is 0. The molecule has 3 nitrogen and oxygen atoms in total. The van der Waals surface area contributed by atoms with Gasteiger partial charge in [-0.25, -0.2) is 4.79 Å². The highest BCUT2D eigenvalue weighted by Gasteiger charge is 2.17. The molecule has 0 aliphatic heterocycles. The zero-order valence-electron chi connectivity index (χ0n) is 19.2. The Morgan fingerprint density at radius 2 is 1.52 bits per heavy atom. The minimum Gasteiger partial charge on any atom is -0.444 e. The fourth-order valence-corrected chi connectivity index (χ4v) is 7.88. The van der Waals surface area contributed by atoms with Crippen molar-refractivity contribution in [2.45, 2.75) is 46.6 Å². The highest BCUT2D eigenvalue weighted by atomic mass is 32.1. The van der Waals surface area contributed by atoms with Crippen molar-refractivity contribution in [2.24, 2.45) is 0 Å². The Labute approximate surface area is 209 Å². The van der Waals surface area contributed by atoms with E-state index in [1.807, 2.05) is 27.7 Å². The summed E-state index contributed by atoms with van der Waals surface area (Å²) in [5, 5.41) is 2.68. The number of amides is 1. The second-order valence-corrected chi connectivity index (χ2v) is 13.1. The zero-order chi connectivity index (χ0) is 23.8. The highest BCUT2D eigenvalue weighted by Crippen LogP contribution is 2.45. The molecule has 0 atom stereocenters. The van der Waals surface area contributed by atoms with Crippen molar-refractivity contribution in [3.05, 3.63) is 57.5 Å². The van der Waals surface area contributed by atoms with Gasteiger partial charge in [0.2, 0.25) is 0 Å². The number of hydrogen-bond donors (Lipinski definition) is 1. The van der Waals surface area contributed by atoms with Crippen molar-refractivity contribution in [1.29, 1.82) is 0 Å². The number of carbonyl (C=O) groups excluding carboxylic acids is 1. The molecule has 0 aliphatic rings. The van der Waals surface area contributed by atoms with E-state index in [4.69, 9.17) is 4.74 Å². The predicted octanol–water partition coefficient (Wildman–Crippen LogP) is 8.76. The average molecular weight is 520 g/mol. The predicted molar refractivity (Wildman–Crippen MR) is 142 cm³/mol. The third-order valence-corrected chi connectivity index (χ3v) is 9.85. The molecule has 0 saturated heterocycles. The molecule has 174 valence electrons. The van der Waals surface area contributed by atoms with Gasteiger partial charge in [0.25, 0.3) is 0 Å². The van der Waals surface area contributed by atoms with Crippen molar-refractivity contribution < 1.29 is 13.9 Å². The van der Waals surface area contributed by atoms with Crippen LogP contribution in [0.3, 0.4) is 0 Å². The van der Waals surface area contributed by atoms with Crippen molar-refractivity contribution >= 4 is 51.4 Å². The van der Waals surface area contributed by atoms with Gasteiger partial charge in [-0.05, 0) is 88.6 Å². The van der Waals surface area contributed by atoms with Gasteiger partial charge in [0, 0.05) is 35.8 Å². The lowest BCUT2D eigenvalue weighted by atomic mass is 10.2. The number of hydrogen-bond acceptors (Lipinski definition) is 6. The molecule has 1 N–H and O–H groups in total. The summed E-state index contributed by atoms with van der Waals surface area (Å²) < 4.78 is 18.9. The zero-order valence-corrected chi connectivity index (χ0v) is 22.5. The summed E-state index contributed by atoms with van der Waals surface area (Å²) in [6.45, 7) is 10.2. The number of carbonyl (C=O) groups is 1. The maximum atomic E-state index is 13.6. The molecular weight excluding hydrogens is 494 g/mol. The summed E-state index contributed by atoms with van der Waals surface area (Å²) in [6.07, 6.45) is 0.389. The van der Waals surface area contributed by atoms with Gasteiger partial charge in [-0.15, -0.1) is 45.3 Å². The lowest BCUT2D eigenvalue weighted by Gasteiger charge is -2.19. The topological polar surface area (TPSA) is 38.3 Å². The molecule has 0 bridgehead atoms. The van der Waals surface area contributed by atoms with Crippen LogP contribution in [0, 0.1) is 19.0 Å². The molecule has 4 aromatic heterocycles. The standard InChI is InChI=1S/C25H26FNO2S4/c1-14-12-20(17-7-6-16(30-17)10-11-27-24(28)29-25(3,4)5)32-22(14)18-8-9-19(31-18)23-15(2)13-21(26)33-23/h6-9,12-13H,10-11H2,1-5H3,(H,27,28). The Morgan fingerprint density at radius 3 is 2.15 bits per heavy atom. The van der Waals surface area contributed by atoms with Gasteiger partial charge >= 0.3 is 6.09 Å². The monoisotopic (exact) mass is 519 g/mol. The van der Waals surface area contributed by atoms with E-state index in [1.165, 1.54) is 41.3 Å². The van der Waals surface area contributed by atoms with Crippen LogP contribution in [-0.4, -0.2) is 18.2 Å². The van der Waals surface area contributed by atoms with Gasteiger partial charge in [-0.2, -0.15) is 4.39 Å². The second kappa shape index (κ2) is 9.70. The van der Waals surface area contributed by atoms with Crippen LogP contribution in [-0.2, 0) is 11.2 Å².